The van der Waals surface area contributed by atoms with Gasteiger partial charge in [-0.3, -0.25) is 29.5 Å². The van der Waals surface area contributed by atoms with E-state index in [0.29, 0.717) is 34.2 Å². The Morgan fingerprint density at radius 3 is 2.33 bits per heavy atom. The molecule has 3 heterocycles. The van der Waals surface area contributed by atoms with Gasteiger partial charge in [-0.05, 0) is 67.1 Å². The van der Waals surface area contributed by atoms with E-state index in [9.17, 15) is 32.7 Å². The van der Waals surface area contributed by atoms with Crippen LogP contribution < -0.4 is 10.2 Å². The van der Waals surface area contributed by atoms with Gasteiger partial charge in [0.15, 0.2) is 5.82 Å². The molecule has 0 radical (unpaired) electrons. The molecule has 2 saturated heterocycles. The Hall–Kier alpha value is -4.46. The Morgan fingerprint density at radius 1 is 1.00 bits per heavy atom. The average Bonchev–Trinajstić information content (AvgIpc) is 3.48. The second-order valence-electron chi connectivity index (χ2n) is 13.0. The number of aromatic nitrogens is 1. The lowest BCUT2D eigenvalue weighted by molar-refractivity contribution is -0.141. The summed E-state index contributed by atoms with van der Waals surface area (Å²) >= 11 is 12.5. The number of amides is 4. The van der Waals surface area contributed by atoms with Crippen molar-refractivity contribution in [1.82, 2.24) is 14.9 Å². The van der Waals surface area contributed by atoms with Crippen molar-refractivity contribution in [3.05, 3.63) is 99.2 Å². The average molecular weight is 744 g/mol. The molecule has 2 aliphatic carbocycles. The van der Waals surface area contributed by atoms with Crippen LogP contribution in [0, 0.1) is 23.7 Å². The number of anilines is 1. The summed E-state index contributed by atoms with van der Waals surface area (Å²) in [5.74, 6) is -5.86. The van der Waals surface area contributed by atoms with E-state index >= 15 is 4.79 Å². The first-order chi connectivity index (χ1) is 24.3. The summed E-state index contributed by atoms with van der Waals surface area (Å²) in [6.45, 7) is 1.76. The lowest BCUT2D eigenvalue weighted by Gasteiger charge is -2.50. The van der Waals surface area contributed by atoms with Gasteiger partial charge in [-0.1, -0.05) is 59.1 Å². The number of pyridine rings is 1. The third kappa shape index (κ3) is 5.48. The Bertz CT molecular complexity index is 1960. The molecule has 3 fully saturated rings. The second-order valence-corrected chi connectivity index (χ2v) is 13.8. The number of halogens is 5. The number of aliphatic hydroxyl groups excluding tert-OH is 1. The SMILES string of the molecule is CCN1C(=O)C2CC=C3C(CC4C(=O)N(Nc5ncc(C(F)(F)F)cc5Cl)C(=O)C4(c4ccc(Cl)cc4)C3c3ccc(OCCO)cc3)C2C1=O. The van der Waals surface area contributed by atoms with Crippen molar-refractivity contribution in [1.29, 1.82) is 0 Å². The van der Waals surface area contributed by atoms with Crippen molar-refractivity contribution < 1.29 is 42.2 Å². The van der Waals surface area contributed by atoms with Gasteiger partial charge in [-0.25, -0.2) is 4.98 Å². The summed E-state index contributed by atoms with van der Waals surface area (Å²) in [6.07, 6.45) is -2.00. The zero-order valence-electron chi connectivity index (χ0n) is 27.0. The monoisotopic (exact) mass is 742 g/mol. The molecule has 15 heteroatoms. The fourth-order valence-corrected chi connectivity index (χ4v) is 8.79. The van der Waals surface area contributed by atoms with Crippen molar-refractivity contribution in [2.45, 2.75) is 37.3 Å². The summed E-state index contributed by atoms with van der Waals surface area (Å²) in [4.78, 5) is 62.1. The molecule has 1 aromatic heterocycles. The standard InChI is InChI=1S/C36H31Cl2F3N4O6/c1-2-44-31(47)24-12-11-23-25(28(24)33(44)49)16-26-32(48)45(43-30-27(38)15-20(17-42-30)36(39,40)41)34(50)35(26,19-5-7-21(37)8-6-19)29(23)18-3-9-22(10-4-18)51-14-13-46/h3-11,15,17,24-26,28-29,46H,2,12-14,16H2,1H3,(H,42,43). The van der Waals surface area contributed by atoms with Crippen LogP contribution in [0.15, 0.2) is 72.4 Å². The molecule has 4 aliphatic rings. The van der Waals surface area contributed by atoms with Crippen molar-refractivity contribution >= 4 is 52.6 Å². The van der Waals surface area contributed by atoms with E-state index in [1.54, 1.807) is 55.5 Å². The zero-order chi connectivity index (χ0) is 36.4. The van der Waals surface area contributed by atoms with Crippen LogP contribution in [0.1, 0.15) is 42.4 Å². The summed E-state index contributed by atoms with van der Waals surface area (Å²) < 4.78 is 45.8. The van der Waals surface area contributed by atoms with Gasteiger partial charge < -0.3 is 9.84 Å². The van der Waals surface area contributed by atoms with Gasteiger partial charge >= 0.3 is 6.18 Å². The molecule has 4 amide bonds. The number of hydrogen-bond acceptors (Lipinski definition) is 8. The molecule has 2 N–H and O–H groups in total. The molecule has 7 rings (SSSR count). The first-order valence-electron chi connectivity index (χ1n) is 16.4. The number of allylic oxidation sites excluding steroid dienone is 2. The fourth-order valence-electron chi connectivity index (χ4n) is 8.45. The Kier molecular flexibility index (Phi) is 8.87. The lowest BCUT2D eigenvalue weighted by atomic mass is 9.49. The molecule has 2 aliphatic heterocycles. The Morgan fingerprint density at radius 2 is 1.71 bits per heavy atom. The largest absolute Gasteiger partial charge is 0.491 e. The van der Waals surface area contributed by atoms with Gasteiger partial charge in [0.25, 0.3) is 11.8 Å². The summed E-state index contributed by atoms with van der Waals surface area (Å²) in [5.41, 5.74) is 1.64. The highest BCUT2D eigenvalue weighted by Crippen LogP contribution is 2.64. The number of alkyl halides is 3. The maximum absolute atomic E-state index is 15.2. The molecular formula is C36H31Cl2F3N4O6. The number of benzene rings is 2. The second kappa shape index (κ2) is 12.9. The van der Waals surface area contributed by atoms with Crippen LogP contribution in [0.2, 0.25) is 10.0 Å². The molecule has 51 heavy (non-hydrogen) atoms. The first-order valence-corrected chi connectivity index (χ1v) is 17.1. The number of fused-ring (bicyclic) bond motifs is 4. The van der Waals surface area contributed by atoms with E-state index in [0.717, 1.165) is 10.6 Å². The third-order valence-electron chi connectivity index (χ3n) is 10.5. The first kappa shape index (κ1) is 35.0. The van der Waals surface area contributed by atoms with E-state index in [4.69, 9.17) is 27.9 Å². The number of hydrazine groups is 1. The normalized spacial score (nSPS) is 27.3. The predicted molar refractivity (Wildman–Crippen MR) is 178 cm³/mol. The summed E-state index contributed by atoms with van der Waals surface area (Å²) in [5, 5.41) is 9.92. The maximum Gasteiger partial charge on any atom is 0.417 e. The van der Waals surface area contributed by atoms with E-state index in [-0.39, 0.29) is 50.2 Å². The predicted octanol–water partition coefficient (Wildman–Crippen LogP) is 5.78. The Labute approximate surface area is 300 Å². The summed E-state index contributed by atoms with van der Waals surface area (Å²) in [6, 6.07) is 14.0. The number of nitrogens with one attached hydrogen (secondary N) is 1. The van der Waals surface area contributed by atoms with E-state index in [1.165, 1.54) is 4.90 Å². The molecule has 2 aromatic carbocycles. The number of rotatable bonds is 8. The van der Waals surface area contributed by atoms with Crippen molar-refractivity contribution in [2.24, 2.45) is 23.7 Å². The fraction of sp³-hybridized carbons (Fsp3) is 0.361. The van der Waals surface area contributed by atoms with Crippen LogP contribution in [0.25, 0.3) is 0 Å². The highest BCUT2D eigenvalue weighted by molar-refractivity contribution is 6.33. The highest BCUT2D eigenvalue weighted by Gasteiger charge is 2.70. The molecule has 1 saturated carbocycles. The van der Waals surface area contributed by atoms with Crippen LogP contribution in [0.4, 0.5) is 19.0 Å². The topological polar surface area (TPSA) is 129 Å². The molecule has 0 bridgehead atoms. The van der Waals surface area contributed by atoms with Crippen LogP contribution in [-0.2, 0) is 30.8 Å². The van der Waals surface area contributed by atoms with Gasteiger partial charge in [-0.2, -0.15) is 18.2 Å². The number of likely N-dealkylation sites (tertiary alicyclic amines) is 1. The van der Waals surface area contributed by atoms with Crippen molar-refractivity contribution in [3.63, 3.8) is 0 Å². The number of carbonyl (C=O) groups is 4. The zero-order valence-corrected chi connectivity index (χ0v) is 28.5. The quantitative estimate of drug-likeness (QED) is 0.220. The van der Waals surface area contributed by atoms with Gasteiger partial charge in [-0.15, -0.1) is 0 Å². The number of imide groups is 2. The van der Waals surface area contributed by atoms with E-state index in [1.807, 2.05) is 6.08 Å². The van der Waals surface area contributed by atoms with E-state index in [2.05, 4.69) is 10.4 Å². The lowest BCUT2D eigenvalue weighted by Crippen LogP contribution is -2.53. The van der Waals surface area contributed by atoms with Gasteiger partial charge in [0.05, 0.1) is 40.4 Å². The van der Waals surface area contributed by atoms with Crippen LogP contribution in [0.3, 0.4) is 0 Å². The maximum atomic E-state index is 15.2. The number of ether oxygens (including phenoxy) is 1. The molecular weight excluding hydrogens is 712 g/mol. The van der Waals surface area contributed by atoms with Crippen LogP contribution >= 0.6 is 23.2 Å². The molecule has 10 nitrogen and oxygen atoms in total. The van der Waals surface area contributed by atoms with Gasteiger partial charge in [0.1, 0.15) is 12.4 Å². The van der Waals surface area contributed by atoms with Gasteiger partial charge in [0.2, 0.25) is 11.8 Å². The molecule has 0 spiro atoms. The number of aliphatic hydroxyl groups is 1. The number of hydrogen-bond donors (Lipinski definition) is 2. The highest BCUT2D eigenvalue weighted by atomic mass is 35.5. The van der Waals surface area contributed by atoms with Crippen molar-refractivity contribution in [2.75, 3.05) is 25.2 Å². The molecule has 6 unspecified atom stereocenters. The minimum Gasteiger partial charge on any atom is -0.491 e. The van der Waals surface area contributed by atoms with E-state index < -0.39 is 63.6 Å². The Balaban J connectivity index is 1.41. The molecule has 3 aromatic rings. The number of carbonyl (C=O) groups excluding carboxylic acids is 4. The molecule has 6 atom stereocenters. The smallest absolute Gasteiger partial charge is 0.417 e. The van der Waals surface area contributed by atoms with Crippen LogP contribution in [0.5, 0.6) is 5.75 Å². The van der Waals surface area contributed by atoms with Crippen LogP contribution in [-0.4, -0.2) is 63.4 Å². The summed E-state index contributed by atoms with van der Waals surface area (Å²) in [7, 11) is 0. The molecule has 266 valence electrons. The van der Waals surface area contributed by atoms with Crippen molar-refractivity contribution in [3.8, 4) is 5.75 Å². The minimum absolute atomic E-state index is 0.0251. The minimum atomic E-state index is -4.73. The number of nitrogens with zero attached hydrogens (tertiary/aromatic N) is 3. The third-order valence-corrected chi connectivity index (χ3v) is 11.1. The van der Waals surface area contributed by atoms with Gasteiger partial charge in [0, 0.05) is 23.7 Å².